The molecule has 1 aliphatic rings. The van der Waals surface area contributed by atoms with Crippen LogP contribution in [0.2, 0.25) is 0 Å². The van der Waals surface area contributed by atoms with Gasteiger partial charge in [0.05, 0.1) is 5.69 Å². The van der Waals surface area contributed by atoms with E-state index in [1.807, 2.05) is 41.3 Å². The number of piperidine rings is 1. The Morgan fingerprint density at radius 2 is 1.72 bits per heavy atom. The fourth-order valence-electron chi connectivity index (χ4n) is 3.21. The average Bonchev–Trinajstić information content (AvgIpc) is 2.69. The highest BCUT2D eigenvalue weighted by atomic mass is 16.2. The van der Waals surface area contributed by atoms with Crippen LogP contribution in [0.15, 0.2) is 36.4 Å². The number of benzene rings is 1. The van der Waals surface area contributed by atoms with E-state index in [0.29, 0.717) is 11.6 Å². The van der Waals surface area contributed by atoms with E-state index in [9.17, 15) is 4.79 Å². The van der Waals surface area contributed by atoms with Gasteiger partial charge in [-0.15, -0.1) is 0 Å². The first kappa shape index (κ1) is 17.4. The smallest absolute Gasteiger partial charge is 0.272 e. The van der Waals surface area contributed by atoms with Crippen LogP contribution < -0.4 is 4.90 Å². The molecule has 25 heavy (non-hydrogen) atoms. The summed E-state index contributed by atoms with van der Waals surface area (Å²) in [5.74, 6) is 0.652. The van der Waals surface area contributed by atoms with Crippen molar-refractivity contribution in [2.24, 2.45) is 0 Å². The standard InChI is InChI=1S/C20H26N4O/c1-3-23(4-2)20-21-17(16-11-7-5-8-12-16)15-18(22-20)19(25)24-13-9-6-10-14-24/h5,7-8,11-12,15H,3-4,6,9-10,13-14H2,1-2H3. The summed E-state index contributed by atoms with van der Waals surface area (Å²) in [6.07, 6.45) is 3.35. The van der Waals surface area contributed by atoms with Crippen molar-refractivity contribution >= 4 is 11.9 Å². The number of carbonyl (C=O) groups excluding carboxylic acids is 1. The van der Waals surface area contributed by atoms with Crippen LogP contribution in [0.3, 0.4) is 0 Å². The molecule has 0 radical (unpaired) electrons. The second kappa shape index (κ2) is 8.10. The maximum Gasteiger partial charge on any atom is 0.272 e. The van der Waals surface area contributed by atoms with Gasteiger partial charge in [-0.05, 0) is 39.2 Å². The molecule has 1 amide bonds. The van der Waals surface area contributed by atoms with Crippen molar-refractivity contribution in [2.75, 3.05) is 31.1 Å². The predicted octanol–water partition coefficient (Wildman–Crippen LogP) is 3.62. The summed E-state index contributed by atoms with van der Waals surface area (Å²) in [6, 6.07) is 11.8. The lowest BCUT2D eigenvalue weighted by Crippen LogP contribution is -2.36. The van der Waals surface area contributed by atoms with Crippen molar-refractivity contribution in [2.45, 2.75) is 33.1 Å². The second-order valence-electron chi connectivity index (χ2n) is 6.33. The first-order valence-electron chi connectivity index (χ1n) is 9.21. The Morgan fingerprint density at radius 3 is 2.36 bits per heavy atom. The summed E-state index contributed by atoms with van der Waals surface area (Å²) < 4.78 is 0. The van der Waals surface area contributed by atoms with Gasteiger partial charge in [0, 0.05) is 31.7 Å². The SMILES string of the molecule is CCN(CC)c1nc(C(=O)N2CCCCC2)cc(-c2ccccc2)n1. The van der Waals surface area contributed by atoms with Crippen LogP contribution >= 0.6 is 0 Å². The number of hydrogen-bond donors (Lipinski definition) is 0. The average molecular weight is 338 g/mol. The molecule has 2 aromatic rings. The third-order valence-corrected chi connectivity index (χ3v) is 4.69. The van der Waals surface area contributed by atoms with E-state index in [1.54, 1.807) is 0 Å². The van der Waals surface area contributed by atoms with Crippen molar-refractivity contribution < 1.29 is 4.79 Å². The largest absolute Gasteiger partial charge is 0.341 e. The molecule has 5 heteroatoms. The molecule has 0 unspecified atom stereocenters. The van der Waals surface area contributed by atoms with Gasteiger partial charge in [-0.1, -0.05) is 30.3 Å². The molecule has 0 saturated carbocycles. The van der Waals surface area contributed by atoms with E-state index in [-0.39, 0.29) is 5.91 Å². The maximum atomic E-state index is 13.0. The van der Waals surface area contributed by atoms with Crippen molar-refractivity contribution in [3.63, 3.8) is 0 Å². The number of aromatic nitrogens is 2. The van der Waals surface area contributed by atoms with E-state index in [4.69, 9.17) is 4.98 Å². The fraction of sp³-hybridized carbons (Fsp3) is 0.450. The third kappa shape index (κ3) is 3.98. The lowest BCUT2D eigenvalue weighted by atomic mass is 10.1. The number of amides is 1. The van der Waals surface area contributed by atoms with Crippen LogP contribution in [-0.2, 0) is 0 Å². The van der Waals surface area contributed by atoms with Gasteiger partial charge in [0.15, 0.2) is 0 Å². The molecule has 5 nitrogen and oxygen atoms in total. The fourth-order valence-corrected chi connectivity index (χ4v) is 3.21. The Labute approximate surface area is 149 Å². The molecule has 1 aliphatic heterocycles. The number of anilines is 1. The van der Waals surface area contributed by atoms with Crippen molar-refractivity contribution in [1.82, 2.24) is 14.9 Å². The molecule has 1 fully saturated rings. The van der Waals surface area contributed by atoms with E-state index in [1.165, 1.54) is 6.42 Å². The van der Waals surface area contributed by atoms with Crippen molar-refractivity contribution in [1.29, 1.82) is 0 Å². The minimum atomic E-state index is 0.0210. The Kier molecular flexibility index (Phi) is 5.64. The number of likely N-dealkylation sites (tertiary alicyclic amines) is 1. The summed E-state index contributed by atoms with van der Waals surface area (Å²) in [5.41, 5.74) is 2.31. The predicted molar refractivity (Wildman–Crippen MR) is 101 cm³/mol. The molecular weight excluding hydrogens is 312 g/mol. The molecule has 0 atom stereocenters. The second-order valence-corrected chi connectivity index (χ2v) is 6.33. The van der Waals surface area contributed by atoms with Gasteiger partial charge in [-0.3, -0.25) is 4.79 Å². The molecule has 1 aromatic heterocycles. The first-order valence-corrected chi connectivity index (χ1v) is 9.21. The molecule has 3 rings (SSSR count). The highest BCUT2D eigenvalue weighted by Crippen LogP contribution is 2.22. The quantitative estimate of drug-likeness (QED) is 0.835. The van der Waals surface area contributed by atoms with E-state index in [0.717, 1.165) is 50.3 Å². The monoisotopic (exact) mass is 338 g/mol. The van der Waals surface area contributed by atoms with Crippen LogP contribution in [0, 0.1) is 0 Å². The number of hydrogen-bond acceptors (Lipinski definition) is 4. The summed E-state index contributed by atoms with van der Waals surface area (Å²) in [5, 5.41) is 0. The normalized spacial score (nSPS) is 14.4. The topological polar surface area (TPSA) is 49.3 Å². The summed E-state index contributed by atoms with van der Waals surface area (Å²) in [6.45, 7) is 7.43. The molecule has 0 spiro atoms. The highest BCUT2D eigenvalue weighted by Gasteiger charge is 2.22. The maximum absolute atomic E-state index is 13.0. The van der Waals surface area contributed by atoms with Gasteiger partial charge < -0.3 is 9.80 Å². The summed E-state index contributed by atoms with van der Waals surface area (Å²) in [4.78, 5) is 26.3. The zero-order chi connectivity index (χ0) is 17.6. The van der Waals surface area contributed by atoms with Crippen LogP contribution in [-0.4, -0.2) is 47.0 Å². The minimum Gasteiger partial charge on any atom is -0.341 e. The molecule has 132 valence electrons. The van der Waals surface area contributed by atoms with E-state index < -0.39 is 0 Å². The lowest BCUT2D eigenvalue weighted by Gasteiger charge is -2.27. The molecule has 1 saturated heterocycles. The third-order valence-electron chi connectivity index (χ3n) is 4.69. The summed E-state index contributed by atoms with van der Waals surface area (Å²) >= 11 is 0. The van der Waals surface area contributed by atoms with Gasteiger partial charge >= 0.3 is 0 Å². The summed E-state index contributed by atoms with van der Waals surface area (Å²) in [7, 11) is 0. The first-order chi connectivity index (χ1) is 12.2. The van der Waals surface area contributed by atoms with E-state index >= 15 is 0 Å². The molecule has 2 heterocycles. The molecular formula is C20H26N4O. The molecule has 0 N–H and O–H groups in total. The zero-order valence-corrected chi connectivity index (χ0v) is 15.1. The van der Waals surface area contributed by atoms with Crippen LogP contribution in [0.5, 0.6) is 0 Å². The Hall–Kier alpha value is -2.43. The van der Waals surface area contributed by atoms with Crippen LogP contribution in [0.4, 0.5) is 5.95 Å². The van der Waals surface area contributed by atoms with Gasteiger partial charge in [0.1, 0.15) is 5.69 Å². The Balaban J connectivity index is 2.01. The molecule has 1 aromatic carbocycles. The number of nitrogens with zero attached hydrogens (tertiary/aromatic N) is 4. The van der Waals surface area contributed by atoms with Crippen LogP contribution in [0.25, 0.3) is 11.3 Å². The molecule has 0 aliphatic carbocycles. The number of rotatable bonds is 5. The van der Waals surface area contributed by atoms with Crippen molar-refractivity contribution in [3.05, 3.63) is 42.1 Å². The Bertz CT molecular complexity index is 707. The highest BCUT2D eigenvalue weighted by molar-refractivity contribution is 5.93. The zero-order valence-electron chi connectivity index (χ0n) is 15.1. The van der Waals surface area contributed by atoms with Crippen molar-refractivity contribution in [3.8, 4) is 11.3 Å². The minimum absolute atomic E-state index is 0.0210. The lowest BCUT2D eigenvalue weighted by molar-refractivity contribution is 0.0718. The van der Waals surface area contributed by atoms with Crippen LogP contribution in [0.1, 0.15) is 43.6 Å². The molecule has 0 bridgehead atoms. The van der Waals surface area contributed by atoms with Gasteiger partial charge in [0.2, 0.25) is 5.95 Å². The van der Waals surface area contributed by atoms with Gasteiger partial charge in [0.25, 0.3) is 5.91 Å². The van der Waals surface area contributed by atoms with Gasteiger partial charge in [-0.25, -0.2) is 9.97 Å². The Morgan fingerprint density at radius 1 is 1.04 bits per heavy atom. The van der Waals surface area contributed by atoms with Gasteiger partial charge in [-0.2, -0.15) is 0 Å². The van der Waals surface area contributed by atoms with E-state index in [2.05, 4.69) is 23.7 Å². The number of carbonyl (C=O) groups is 1.